The van der Waals surface area contributed by atoms with Crippen molar-refractivity contribution in [3.05, 3.63) is 79.4 Å². The minimum Gasteiger partial charge on any atom is -0.353 e. The molecule has 0 aliphatic heterocycles. The summed E-state index contributed by atoms with van der Waals surface area (Å²) < 4.78 is 0. The van der Waals surface area contributed by atoms with E-state index in [1.165, 1.54) is 0 Å². The van der Waals surface area contributed by atoms with Crippen LogP contribution in [-0.4, -0.2) is 36.0 Å². The SMILES string of the molecule is CC(C)C(=O)Nc1cncc(-c2ccc3[nH]nc(-c4cc5c(-c6cccnc6)cccc5[nH]4)c3n2)c1. The highest BCUT2D eigenvalue weighted by Gasteiger charge is 2.16. The van der Waals surface area contributed by atoms with Crippen molar-refractivity contribution in [1.82, 2.24) is 30.1 Å². The first-order valence-corrected chi connectivity index (χ1v) is 11.7. The van der Waals surface area contributed by atoms with Crippen LogP contribution in [0.15, 0.2) is 79.4 Å². The van der Waals surface area contributed by atoms with Crippen molar-refractivity contribution in [3.8, 4) is 33.8 Å². The van der Waals surface area contributed by atoms with Gasteiger partial charge in [-0.05, 0) is 42.0 Å². The van der Waals surface area contributed by atoms with Crippen molar-refractivity contribution in [2.45, 2.75) is 13.8 Å². The highest BCUT2D eigenvalue weighted by molar-refractivity contribution is 6.00. The molecule has 0 unspecified atom stereocenters. The normalized spacial score (nSPS) is 11.4. The summed E-state index contributed by atoms with van der Waals surface area (Å²) in [6, 6.07) is 18.0. The Morgan fingerprint density at radius 3 is 2.64 bits per heavy atom. The minimum absolute atomic E-state index is 0.0565. The Bertz CT molecular complexity index is 1720. The van der Waals surface area contributed by atoms with Gasteiger partial charge in [-0.3, -0.25) is 19.9 Å². The molecule has 8 heteroatoms. The van der Waals surface area contributed by atoms with Gasteiger partial charge in [0.15, 0.2) is 0 Å². The Labute approximate surface area is 206 Å². The van der Waals surface area contributed by atoms with Crippen LogP contribution in [0.1, 0.15) is 13.8 Å². The molecule has 6 rings (SSSR count). The second-order valence-electron chi connectivity index (χ2n) is 8.96. The molecule has 3 N–H and O–H groups in total. The Balaban J connectivity index is 1.41. The molecule has 6 aromatic rings. The number of pyridine rings is 3. The lowest BCUT2D eigenvalue weighted by molar-refractivity contribution is -0.118. The Kier molecular flexibility index (Phi) is 5.26. The van der Waals surface area contributed by atoms with Gasteiger partial charge in [-0.25, -0.2) is 4.98 Å². The monoisotopic (exact) mass is 473 g/mol. The number of anilines is 1. The maximum Gasteiger partial charge on any atom is 0.226 e. The molecule has 0 aliphatic carbocycles. The number of hydrogen-bond acceptors (Lipinski definition) is 5. The summed E-state index contributed by atoms with van der Waals surface area (Å²) >= 11 is 0. The highest BCUT2D eigenvalue weighted by Crippen LogP contribution is 2.34. The number of fused-ring (bicyclic) bond motifs is 2. The molecule has 1 amide bonds. The predicted molar refractivity (Wildman–Crippen MR) is 141 cm³/mol. The molecule has 0 bridgehead atoms. The van der Waals surface area contributed by atoms with Gasteiger partial charge in [0.1, 0.15) is 11.2 Å². The van der Waals surface area contributed by atoms with Gasteiger partial charge in [0.25, 0.3) is 0 Å². The number of rotatable bonds is 5. The van der Waals surface area contributed by atoms with Crippen molar-refractivity contribution in [1.29, 1.82) is 0 Å². The summed E-state index contributed by atoms with van der Waals surface area (Å²) in [6.07, 6.45) is 7.01. The van der Waals surface area contributed by atoms with E-state index in [0.717, 1.165) is 55.7 Å². The smallest absolute Gasteiger partial charge is 0.226 e. The zero-order valence-corrected chi connectivity index (χ0v) is 19.8. The van der Waals surface area contributed by atoms with Crippen LogP contribution in [0.2, 0.25) is 0 Å². The number of benzene rings is 1. The number of aromatic amines is 2. The van der Waals surface area contributed by atoms with Crippen molar-refractivity contribution in [2.75, 3.05) is 5.32 Å². The fourth-order valence-corrected chi connectivity index (χ4v) is 4.24. The maximum absolute atomic E-state index is 12.1. The first-order chi connectivity index (χ1) is 17.6. The molecule has 0 aliphatic rings. The lowest BCUT2D eigenvalue weighted by Crippen LogP contribution is -2.17. The van der Waals surface area contributed by atoms with Gasteiger partial charge in [0.2, 0.25) is 5.91 Å². The van der Waals surface area contributed by atoms with E-state index < -0.39 is 0 Å². The van der Waals surface area contributed by atoms with E-state index in [1.54, 1.807) is 18.6 Å². The number of nitrogens with one attached hydrogen (secondary N) is 3. The van der Waals surface area contributed by atoms with E-state index >= 15 is 0 Å². The molecule has 0 radical (unpaired) electrons. The highest BCUT2D eigenvalue weighted by atomic mass is 16.1. The third-order valence-corrected chi connectivity index (χ3v) is 6.13. The summed E-state index contributed by atoms with van der Waals surface area (Å²) in [4.78, 5) is 29.1. The average Bonchev–Trinajstić information content (AvgIpc) is 3.53. The second-order valence-corrected chi connectivity index (χ2v) is 8.96. The predicted octanol–water partition coefficient (Wildman–Crippen LogP) is 5.82. The van der Waals surface area contributed by atoms with Gasteiger partial charge in [-0.2, -0.15) is 5.10 Å². The van der Waals surface area contributed by atoms with Crippen molar-refractivity contribution < 1.29 is 4.79 Å². The molecule has 5 aromatic heterocycles. The maximum atomic E-state index is 12.1. The van der Waals surface area contributed by atoms with E-state index in [0.29, 0.717) is 5.69 Å². The van der Waals surface area contributed by atoms with E-state index in [9.17, 15) is 4.79 Å². The molecule has 5 heterocycles. The van der Waals surface area contributed by atoms with E-state index in [2.05, 4.69) is 54.7 Å². The summed E-state index contributed by atoms with van der Waals surface area (Å²) in [5, 5.41) is 11.6. The van der Waals surface area contributed by atoms with Crippen molar-refractivity contribution in [2.24, 2.45) is 5.92 Å². The number of aromatic nitrogens is 6. The van der Waals surface area contributed by atoms with Gasteiger partial charge in [-0.15, -0.1) is 0 Å². The summed E-state index contributed by atoms with van der Waals surface area (Å²) in [7, 11) is 0. The topological polar surface area (TPSA) is 112 Å². The number of nitrogens with zero attached hydrogens (tertiary/aromatic N) is 4. The lowest BCUT2D eigenvalue weighted by Gasteiger charge is -2.08. The number of amides is 1. The standard InChI is InChI=1S/C28H23N7O/c1-16(2)28(36)31-19-11-18(14-30-15-19)22-8-9-24-26(33-22)27(35-34-24)25-12-21-20(6-3-7-23(21)32-25)17-5-4-10-29-13-17/h3-16,32H,1-2H3,(H,31,36)(H,34,35). The number of carbonyl (C=O) groups is 1. The van der Waals surface area contributed by atoms with Gasteiger partial charge >= 0.3 is 0 Å². The first kappa shape index (κ1) is 21.7. The molecule has 0 saturated heterocycles. The average molecular weight is 474 g/mol. The molecule has 8 nitrogen and oxygen atoms in total. The van der Waals surface area contributed by atoms with Gasteiger partial charge in [0.05, 0.1) is 28.8 Å². The molecular weight excluding hydrogens is 450 g/mol. The van der Waals surface area contributed by atoms with E-state index in [1.807, 2.05) is 50.4 Å². The summed E-state index contributed by atoms with van der Waals surface area (Å²) in [6.45, 7) is 3.71. The van der Waals surface area contributed by atoms with Crippen LogP contribution >= 0.6 is 0 Å². The van der Waals surface area contributed by atoms with Crippen LogP contribution in [0, 0.1) is 5.92 Å². The molecule has 0 saturated carbocycles. The van der Waals surface area contributed by atoms with Crippen LogP contribution < -0.4 is 5.32 Å². The minimum atomic E-state index is -0.119. The molecule has 176 valence electrons. The van der Waals surface area contributed by atoms with Crippen LogP contribution in [0.4, 0.5) is 5.69 Å². The zero-order chi connectivity index (χ0) is 24.6. The van der Waals surface area contributed by atoms with E-state index in [4.69, 9.17) is 4.98 Å². The first-order valence-electron chi connectivity index (χ1n) is 11.7. The van der Waals surface area contributed by atoms with Crippen molar-refractivity contribution >= 4 is 33.5 Å². The van der Waals surface area contributed by atoms with E-state index in [-0.39, 0.29) is 11.8 Å². The quantitative estimate of drug-likeness (QED) is 0.292. The Morgan fingerprint density at radius 2 is 1.81 bits per heavy atom. The second kappa shape index (κ2) is 8.74. The number of H-pyrrole nitrogens is 2. The third-order valence-electron chi connectivity index (χ3n) is 6.13. The van der Waals surface area contributed by atoms with Crippen LogP contribution in [0.3, 0.4) is 0 Å². The molecular formula is C28H23N7O. The van der Waals surface area contributed by atoms with Crippen LogP contribution in [-0.2, 0) is 4.79 Å². The van der Waals surface area contributed by atoms with Crippen LogP contribution in [0.5, 0.6) is 0 Å². The molecule has 1 aromatic carbocycles. The number of carbonyl (C=O) groups excluding carboxylic acids is 1. The van der Waals surface area contributed by atoms with Gasteiger partial charge < -0.3 is 10.3 Å². The zero-order valence-electron chi connectivity index (χ0n) is 19.8. The largest absolute Gasteiger partial charge is 0.353 e. The Hall–Kier alpha value is -4.85. The molecule has 0 atom stereocenters. The third kappa shape index (κ3) is 3.88. The molecule has 0 fully saturated rings. The number of hydrogen-bond donors (Lipinski definition) is 3. The summed E-state index contributed by atoms with van der Waals surface area (Å²) in [5.74, 6) is -0.175. The molecule has 36 heavy (non-hydrogen) atoms. The van der Waals surface area contributed by atoms with Gasteiger partial charge in [-0.1, -0.05) is 32.0 Å². The Morgan fingerprint density at radius 1 is 0.917 bits per heavy atom. The fraction of sp³-hybridized carbons (Fsp3) is 0.107. The van der Waals surface area contributed by atoms with Crippen LogP contribution in [0.25, 0.3) is 55.7 Å². The lowest BCUT2D eigenvalue weighted by atomic mass is 10.0. The van der Waals surface area contributed by atoms with Gasteiger partial charge in [0, 0.05) is 46.5 Å². The molecule has 0 spiro atoms. The fourth-order valence-electron chi connectivity index (χ4n) is 4.24. The summed E-state index contributed by atoms with van der Waals surface area (Å²) in [5.41, 5.74) is 8.53. The van der Waals surface area contributed by atoms with Crippen molar-refractivity contribution in [3.63, 3.8) is 0 Å².